The molecule has 0 saturated heterocycles. The second kappa shape index (κ2) is 6.95. The average Bonchev–Trinajstić information content (AvgIpc) is 3.05. The molecule has 1 heterocycles. The topological polar surface area (TPSA) is 120 Å². The maximum atomic E-state index is 11.7. The predicted molar refractivity (Wildman–Crippen MR) is 94.8 cm³/mol. The third-order valence-electron chi connectivity index (χ3n) is 3.38. The first-order chi connectivity index (χ1) is 12.4. The van der Waals surface area contributed by atoms with Crippen molar-refractivity contribution in [1.82, 2.24) is 9.78 Å². The van der Waals surface area contributed by atoms with Gasteiger partial charge in [-0.05, 0) is 36.4 Å². The lowest BCUT2D eigenvalue weighted by Gasteiger charge is -2.03. The van der Waals surface area contributed by atoms with Crippen LogP contribution in [-0.4, -0.2) is 18.2 Å². The Morgan fingerprint density at radius 3 is 2.58 bits per heavy atom. The van der Waals surface area contributed by atoms with Crippen LogP contribution in [0.25, 0.3) is 5.69 Å². The average molecular weight is 388 g/mol. The van der Waals surface area contributed by atoms with E-state index >= 15 is 0 Å². The summed E-state index contributed by atoms with van der Waals surface area (Å²) in [7, 11) is 1.43. The largest absolute Gasteiger partial charge is 0.298 e. The number of hydrogen-bond donors (Lipinski definition) is 1. The fourth-order valence-corrected chi connectivity index (χ4v) is 2.96. The first-order valence-electron chi connectivity index (χ1n) is 7.16. The van der Waals surface area contributed by atoms with Crippen LogP contribution in [-0.2, 0) is 9.05 Å². The normalized spacial score (nSPS) is 11.5. The minimum atomic E-state index is -3.87. The van der Waals surface area contributed by atoms with Gasteiger partial charge in [-0.2, -0.15) is 10.4 Å². The molecule has 8 nitrogen and oxygen atoms in total. The third-order valence-corrected chi connectivity index (χ3v) is 4.73. The molecule has 1 aromatic heterocycles. The Bertz CT molecular complexity index is 1200. The van der Waals surface area contributed by atoms with Crippen molar-refractivity contribution < 1.29 is 8.42 Å². The Hall–Kier alpha value is -3.22. The Morgan fingerprint density at radius 2 is 1.92 bits per heavy atom. The van der Waals surface area contributed by atoms with Crippen LogP contribution in [0.4, 0.5) is 11.4 Å². The predicted octanol–water partition coefficient (Wildman–Crippen LogP) is 3.38. The molecule has 0 atom stereocenters. The number of H-pyrrole nitrogens is 1. The van der Waals surface area contributed by atoms with Crippen molar-refractivity contribution in [3.8, 4) is 11.8 Å². The summed E-state index contributed by atoms with van der Waals surface area (Å²) < 4.78 is 24.0. The zero-order valence-corrected chi connectivity index (χ0v) is 14.6. The zero-order valence-electron chi connectivity index (χ0n) is 13.0. The molecule has 0 spiro atoms. The van der Waals surface area contributed by atoms with Crippen LogP contribution in [0.15, 0.2) is 74.6 Å². The van der Waals surface area contributed by atoms with Crippen molar-refractivity contribution in [3.05, 3.63) is 70.6 Å². The lowest BCUT2D eigenvalue weighted by atomic mass is 10.2. The molecule has 0 radical (unpaired) electrons. The van der Waals surface area contributed by atoms with Crippen LogP contribution in [0.3, 0.4) is 0 Å². The van der Waals surface area contributed by atoms with E-state index in [0.29, 0.717) is 5.69 Å². The molecule has 0 saturated carbocycles. The maximum absolute atomic E-state index is 11.7. The van der Waals surface area contributed by atoms with Gasteiger partial charge in [-0.1, -0.05) is 6.07 Å². The van der Waals surface area contributed by atoms with Crippen molar-refractivity contribution >= 4 is 31.1 Å². The second-order valence-corrected chi connectivity index (χ2v) is 7.65. The summed E-state index contributed by atoms with van der Waals surface area (Å²) in [5.41, 5.74) is 0.956. The highest BCUT2D eigenvalue weighted by atomic mass is 35.7. The van der Waals surface area contributed by atoms with Gasteiger partial charge in [0.1, 0.15) is 11.8 Å². The SMILES string of the molecule is N#Cc1cc(-n2[nH]ccc2=O)ccc1N=Nc1cccc(S(=O)(=O)Cl)c1. The first-order valence-corrected chi connectivity index (χ1v) is 9.47. The number of rotatable bonds is 4. The van der Waals surface area contributed by atoms with E-state index in [4.69, 9.17) is 10.7 Å². The van der Waals surface area contributed by atoms with Crippen molar-refractivity contribution in [2.45, 2.75) is 4.90 Å². The number of halogens is 1. The molecule has 0 aliphatic carbocycles. The molecule has 0 aliphatic heterocycles. The number of nitrogens with one attached hydrogen (secondary N) is 1. The number of hydrogen-bond acceptors (Lipinski definition) is 6. The monoisotopic (exact) mass is 387 g/mol. The van der Waals surface area contributed by atoms with E-state index in [0.717, 1.165) is 0 Å². The van der Waals surface area contributed by atoms with Crippen molar-refractivity contribution in [2.24, 2.45) is 10.2 Å². The Balaban J connectivity index is 1.96. The highest BCUT2D eigenvalue weighted by molar-refractivity contribution is 8.13. The quantitative estimate of drug-likeness (QED) is 0.544. The van der Waals surface area contributed by atoms with E-state index in [1.807, 2.05) is 6.07 Å². The van der Waals surface area contributed by atoms with Crippen LogP contribution in [0.5, 0.6) is 0 Å². The van der Waals surface area contributed by atoms with Gasteiger partial charge in [0.05, 0.1) is 21.8 Å². The minimum absolute atomic E-state index is 0.0995. The highest BCUT2D eigenvalue weighted by Crippen LogP contribution is 2.26. The molecule has 10 heteroatoms. The van der Waals surface area contributed by atoms with Crippen molar-refractivity contribution in [1.29, 1.82) is 5.26 Å². The van der Waals surface area contributed by atoms with E-state index in [9.17, 15) is 18.5 Å². The van der Waals surface area contributed by atoms with Crippen LogP contribution < -0.4 is 5.56 Å². The van der Waals surface area contributed by atoms with Gasteiger partial charge in [0, 0.05) is 22.9 Å². The van der Waals surface area contributed by atoms with Crippen LogP contribution in [0, 0.1) is 11.3 Å². The number of nitriles is 1. The first kappa shape index (κ1) is 17.6. The van der Waals surface area contributed by atoms with Crippen LogP contribution in [0.1, 0.15) is 5.56 Å². The highest BCUT2D eigenvalue weighted by Gasteiger charge is 2.10. The summed E-state index contributed by atoms with van der Waals surface area (Å²) in [6, 6.07) is 13.6. The lowest BCUT2D eigenvalue weighted by Crippen LogP contribution is -2.13. The molecule has 0 amide bonds. The van der Waals surface area contributed by atoms with Gasteiger partial charge in [0.15, 0.2) is 0 Å². The number of nitrogens with zero attached hydrogens (tertiary/aromatic N) is 4. The summed E-state index contributed by atoms with van der Waals surface area (Å²) in [5, 5.41) is 20.0. The summed E-state index contributed by atoms with van der Waals surface area (Å²) in [6.45, 7) is 0. The number of aromatic amines is 1. The summed E-state index contributed by atoms with van der Waals surface area (Å²) in [4.78, 5) is 11.6. The number of benzene rings is 2. The molecular weight excluding hydrogens is 378 g/mol. The molecule has 3 aromatic rings. The minimum Gasteiger partial charge on any atom is -0.298 e. The summed E-state index contributed by atoms with van der Waals surface area (Å²) in [6.07, 6.45) is 1.49. The lowest BCUT2D eigenvalue weighted by molar-refractivity contribution is 0.609. The van der Waals surface area contributed by atoms with E-state index in [2.05, 4.69) is 15.3 Å². The Morgan fingerprint density at radius 1 is 1.12 bits per heavy atom. The standard InChI is InChI=1S/C16H10ClN5O3S/c17-26(24,25)14-3-1-2-12(9-14)20-21-15-5-4-13(8-11(15)10-18)22-16(23)6-7-19-22/h1-9,19H. The van der Waals surface area contributed by atoms with Crippen molar-refractivity contribution in [2.75, 3.05) is 0 Å². The molecule has 3 rings (SSSR count). The molecule has 1 N–H and O–H groups in total. The van der Waals surface area contributed by atoms with Gasteiger partial charge in [0.2, 0.25) is 0 Å². The van der Waals surface area contributed by atoms with E-state index in [1.165, 1.54) is 47.3 Å². The Kier molecular flexibility index (Phi) is 4.71. The summed E-state index contributed by atoms with van der Waals surface area (Å²) >= 11 is 0. The number of azo groups is 1. The fraction of sp³-hybridized carbons (Fsp3) is 0. The van der Waals surface area contributed by atoms with Gasteiger partial charge >= 0.3 is 0 Å². The third kappa shape index (κ3) is 3.72. The Labute approximate surface area is 152 Å². The summed E-state index contributed by atoms with van der Waals surface area (Å²) in [5.74, 6) is 0. The molecular formula is C16H10ClN5O3S. The van der Waals surface area contributed by atoms with Crippen molar-refractivity contribution in [3.63, 3.8) is 0 Å². The molecule has 2 aromatic carbocycles. The molecule has 0 fully saturated rings. The van der Waals surface area contributed by atoms with E-state index < -0.39 is 9.05 Å². The van der Waals surface area contributed by atoms with Gasteiger partial charge < -0.3 is 0 Å². The van der Waals surface area contributed by atoms with E-state index in [-0.39, 0.29) is 27.4 Å². The fourth-order valence-electron chi connectivity index (χ4n) is 2.17. The molecule has 0 unspecified atom stereocenters. The zero-order chi connectivity index (χ0) is 18.7. The number of aromatic nitrogens is 2. The van der Waals surface area contributed by atoms with Gasteiger partial charge in [-0.3, -0.25) is 9.89 Å². The van der Waals surface area contributed by atoms with Gasteiger partial charge in [-0.15, -0.1) is 5.11 Å². The van der Waals surface area contributed by atoms with Gasteiger partial charge in [-0.25, -0.2) is 13.1 Å². The molecule has 0 aliphatic rings. The smallest absolute Gasteiger partial charge is 0.271 e. The molecule has 0 bridgehead atoms. The van der Waals surface area contributed by atoms with Crippen LogP contribution >= 0.6 is 10.7 Å². The van der Waals surface area contributed by atoms with Crippen LogP contribution in [0.2, 0.25) is 0 Å². The van der Waals surface area contributed by atoms with Gasteiger partial charge in [0.25, 0.3) is 14.6 Å². The molecule has 130 valence electrons. The maximum Gasteiger partial charge on any atom is 0.271 e. The van der Waals surface area contributed by atoms with E-state index in [1.54, 1.807) is 12.1 Å². The molecule has 26 heavy (non-hydrogen) atoms. The second-order valence-electron chi connectivity index (χ2n) is 5.08.